The van der Waals surface area contributed by atoms with Crippen molar-refractivity contribution < 1.29 is 4.92 Å². The van der Waals surface area contributed by atoms with Gasteiger partial charge in [0.15, 0.2) is 0 Å². The summed E-state index contributed by atoms with van der Waals surface area (Å²) in [5.41, 5.74) is 0. The van der Waals surface area contributed by atoms with Crippen molar-refractivity contribution in [3.05, 3.63) is 27.1 Å². The Bertz CT molecular complexity index is 394. The van der Waals surface area contributed by atoms with Crippen molar-refractivity contribution >= 4 is 22.6 Å². The summed E-state index contributed by atoms with van der Waals surface area (Å²) in [5.74, 6) is 0. The summed E-state index contributed by atoms with van der Waals surface area (Å²) < 4.78 is 0. The molecule has 16 heavy (non-hydrogen) atoms. The van der Waals surface area contributed by atoms with Crippen LogP contribution in [0.1, 0.15) is 37.0 Å². The molecule has 86 valence electrons. The molecule has 1 aromatic heterocycles. The van der Waals surface area contributed by atoms with Crippen LogP contribution in [0.15, 0.2) is 17.1 Å². The highest BCUT2D eigenvalue weighted by Gasteiger charge is 2.12. The summed E-state index contributed by atoms with van der Waals surface area (Å²) in [5, 5.41) is 10.7. The minimum Gasteiger partial charge on any atom is -0.288 e. The largest absolute Gasteiger partial charge is 0.324 e. The van der Waals surface area contributed by atoms with Gasteiger partial charge in [0.25, 0.3) is 0 Å². The van der Waals surface area contributed by atoms with E-state index in [1.165, 1.54) is 36.7 Å². The molecule has 0 saturated heterocycles. The van der Waals surface area contributed by atoms with Crippen LogP contribution in [-0.2, 0) is 0 Å². The molecule has 1 heterocycles. The highest BCUT2D eigenvalue weighted by atomic mass is 32.1. The van der Waals surface area contributed by atoms with Crippen molar-refractivity contribution in [2.24, 2.45) is 4.99 Å². The van der Waals surface area contributed by atoms with Gasteiger partial charge in [-0.3, -0.25) is 15.1 Å². The fourth-order valence-corrected chi connectivity index (χ4v) is 2.62. The van der Waals surface area contributed by atoms with Gasteiger partial charge in [0.05, 0.1) is 9.80 Å². The van der Waals surface area contributed by atoms with Gasteiger partial charge >= 0.3 is 5.00 Å². The average molecular weight is 238 g/mol. The maximum Gasteiger partial charge on any atom is 0.324 e. The lowest BCUT2D eigenvalue weighted by molar-refractivity contribution is -0.380. The fraction of sp³-hybridized carbons (Fsp3) is 0.545. The molecular weight excluding hydrogens is 224 g/mol. The number of thiophene rings is 1. The molecule has 0 unspecified atom stereocenters. The first-order valence-electron chi connectivity index (χ1n) is 5.53. The Morgan fingerprint density at radius 1 is 1.38 bits per heavy atom. The predicted molar refractivity (Wildman–Crippen MR) is 65.4 cm³/mol. The monoisotopic (exact) mass is 238 g/mol. The van der Waals surface area contributed by atoms with Crippen molar-refractivity contribution in [3.63, 3.8) is 0 Å². The first-order chi connectivity index (χ1) is 7.75. The lowest BCUT2D eigenvalue weighted by atomic mass is 9.96. The van der Waals surface area contributed by atoms with E-state index in [0.29, 0.717) is 6.04 Å². The van der Waals surface area contributed by atoms with E-state index in [-0.39, 0.29) is 9.92 Å². The number of nitro groups is 1. The van der Waals surface area contributed by atoms with Crippen LogP contribution in [0, 0.1) is 10.1 Å². The third-order valence-corrected chi connectivity index (χ3v) is 3.75. The Hall–Kier alpha value is -1.23. The lowest BCUT2D eigenvalue weighted by Crippen LogP contribution is -2.09. The molecule has 0 spiro atoms. The van der Waals surface area contributed by atoms with E-state index in [1.807, 2.05) is 0 Å². The maximum absolute atomic E-state index is 10.5. The third kappa shape index (κ3) is 2.88. The predicted octanol–water partition coefficient (Wildman–Crippen LogP) is 3.41. The topological polar surface area (TPSA) is 55.5 Å². The zero-order valence-electron chi connectivity index (χ0n) is 8.96. The zero-order chi connectivity index (χ0) is 11.4. The summed E-state index contributed by atoms with van der Waals surface area (Å²) in [6, 6.07) is 3.72. The first kappa shape index (κ1) is 11.3. The van der Waals surface area contributed by atoms with E-state index in [2.05, 4.69) is 4.99 Å². The normalized spacial score (nSPS) is 18.0. The van der Waals surface area contributed by atoms with Crippen molar-refractivity contribution in [1.29, 1.82) is 0 Å². The summed E-state index contributed by atoms with van der Waals surface area (Å²) in [6.07, 6.45) is 7.93. The Balaban J connectivity index is 1.96. The molecule has 0 N–H and O–H groups in total. The Morgan fingerprint density at radius 3 is 2.75 bits per heavy atom. The Kier molecular flexibility index (Phi) is 3.66. The number of nitrogens with zero attached hydrogens (tertiary/aromatic N) is 2. The van der Waals surface area contributed by atoms with E-state index in [1.54, 1.807) is 12.3 Å². The van der Waals surface area contributed by atoms with Crippen LogP contribution in [0.25, 0.3) is 0 Å². The van der Waals surface area contributed by atoms with Crippen LogP contribution in [0.3, 0.4) is 0 Å². The average Bonchev–Trinajstić information content (AvgIpc) is 2.76. The number of hydrogen-bond acceptors (Lipinski definition) is 4. The molecule has 0 aromatic carbocycles. The number of hydrogen-bond donors (Lipinski definition) is 0. The molecule has 0 radical (unpaired) electrons. The van der Waals surface area contributed by atoms with Crippen molar-refractivity contribution in [1.82, 2.24) is 0 Å². The molecule has 5 heteroatoms. The number of aliphatic imine (C=N–C) groups is 1. The third-order valence-electron chi connectivity index (χ3n) is 2.78. The van der Waals surface area contributed by atoms with E-state index < -0.39 is 0 Å². The highest BCUT2D eigenvalue weighted by Crippen LogP contribution is 2.24. The van der Waals surface area contributed by atoms with Gasteiger partial charge in [0, 0.05) is 18.3 Å². The molecule has 1 fully saturated rings. The van der Waals surface area contributed by atoms with Crippen molar-refractivity contribution in [3.8, 4) is 0 Å². The number of rotatable bonds is 3. The molecule has 0 amide bonds. The summed E-state index contributed by atoms with van der Waals surface area (Å²) in [7, 11) is 0. The minimum atomic E-state index is -0.359. The highest BCUT2D eigenvalue weighted by molar-refractivity contribution is 7.16. The van der Waals surface area contributed by atoms with Crippen LogP contribution >= 0.6 is 11.3 Å². The second-order valence-electron chi connectivity index (χ2n) is 4.00. The summed E-state index contributed by atoms with van der Waals surface area (Å²) in [4.78, 5) is 15.5. The zero-order valence-corrected chi connectivity index (χ0v) is 9.78. The van der Waals surface area contributed by atoms with Gasteiger partial charge in [-0.2, -0.15) is 0 Å². The van der Waals surface area contributed by atoms with Crippen molar-refractivity contribution in [2.45, 2.75) is 38.1 Å². The van der Waals surface area contributed by atoms with Crippen LogP contribution in [0.5, 0.6) is 0 Å². The smallest absolute Gasteiger partial charge is 0.288 e. The standard InChI is InChI=1S/C11H14N2O2S/c14-13(15)11-7-6-10(16-11)8-12-9-4-2-1-3-5-9/h6-9H,1-5H2. The molecule has 0 aliphatic heterocycles. The second kappa shape index (κ2) is 5.21. The van der Waals surface area contributed by atoms with Crippen LogP contribution < -0.4 is 0 Å². The molecule has 1 aliphatic rings. The molecule has 1 aliphatic carbocycles. The first-order valence-corrected chi connectivity index (χ1v) is 6.35. The molecular formula is C11H14N2O2S. The quantitative estimate of drug-likeness (QED) is 0.460. The van der Waals surface area contributed by atoms with Crippen LogP contribution in [0.4, 0.5) is 5.00 Å². The molecule has 0 bridgehead atoms. The molecule has 4 nitrogen and oxygen atoms in total. The lowest BCUT2D eigenvalue weighted by Gasteiger charge is -2.16. The van der Waals surface area contributed by atoms with E-state index in [4.69, 9.17) is 0 Å². The van der Waals surface area contributed by atoms with Gasteiger partial charge < -0.3 is 0 Å². The van der Waals surface area contributed by atoms with Gasteiger partial charge in [-0.15, -0.1) is 0 Å². The Morgan fingerprint density at radius 2 is 2.12 bits per heavy atom. The van der Waals surface area contributed by atoms with Gasteiger partial charge in [-0.05, 0) is 18.9 Å². The van der Waals surface area contributed by atoms with Crippen molar-refractivity contribution in [2.75, 3.05) is 0 Å². The molecule has 1 saturated carbocycles. The van der Waals surface area contributed by atoms with Crippen LogP contribution in [-0.4, -0.2) is 17.2 Å². The van der Waals surface area contributed by atoms with E-state index in [0.717, 1.165) is 17.7 Å². The van der Waals surface area contributed by atoms with E-state index in [9.17, 15) is 10.1 Å². The van der Waals surface area contributed by atoms with Crippen LogP contribution in [0.2, 0.25) is 0 Å². The molecule has 2 rings (SSSR count). The van der Waals surface area contributed by atoms with Gasteiger partial charge in [0.1, 0.15) is 0 Å². The SMILES string of the molecule is O=[N+]([O-])c1ccc(C=NC2CCCCC2)s1. The molecule has 0 atom stereocenters. The van der Waals surface area contributed by atoms with E-state index >= 15 is 0 Å². The van der Waals surface area contributed by atoms with Gasteiger partial charge in [-0.25, -0.2) is 0 Å². The summed E-state index contributed by atoms with van der Waals surface area (Å²) in [6.45, 7) is 0. The summed E-state index contributed by atoms with van der Waals surface area (Å²) >= 11 is 1.18. The minimum absolute atomic E-state index is 0.185. The van der Waals surface area contributed by atoms with Gasteiger partial charge in [0.2, 0.25) is 0 Å². The fourth-order valence-electron chi connectivity index (χ4n) is 1.92. The molecule has 1 aromatic rings. The van der Waals surface area contributed by atoms with Gasteiger partial charge in [-0.1, -0.05) is 30.6 Å². The second-order valence-corrected chi connectivity index (χ2v) is 5.10. The maximum atomic E-state index is 10.5. The Labute approximate surface area is 98.2 Å².